The highest BCUT2D eigenvalue weighted by molar-refractivity contribution is 7.90. The fourth-order valence-corrected chi connectivity index (χ4v) is 2.20. The topological polar surface area (TPSA) is 35.1 Å². The van der Waals surface area contributed by atoms with Crippen LogP contribution >= 0.6 is 0 Å². The molecule has 1 rings (SSSR count). The van der Waals surface area contributed by atoms with E-state index in [-0.39, 0.29) is 5.56 Å². The van der Waals surface area contributed by atoms with Crippen LogP contribution in [0.3, 0.4) is 0 Å². The van der Waals surface area contributed by atoms with Crippen molar-refractivity contribution in [3.8, 4) is 0 Å². The number of benzene rings is 1. The lowest BCUT2D eigenvalue weighted by Gasteiger charge is -2.29. The van der Waals surface area contributed by atoms with Crippen LogP contribution in [0.25, 0.3) is 0 Å². The first-order valence-corrected chi connectivity index (χ1v) is 6.98. The Kier molecular flexibility index (Phi) is 4.92. The van der Waals surface area contributed by atoms with Crippen molar-refractivity contribution >= 4 is 11.4 Å². The molecule has 1 N–H and O–H groups in total. The summed E-state index contributed by atoms with van der Waals surface area (Å²) in [5, 5.41) is 0. The van der Waals surface area contributed by atoms with Crippen molar-refractivity contribution in [3.63, 3.8) is 0 Å². The molecule has 2 unspecified atom stereocenters. The van der Waals surface area contributed by atoms with Crippen LogP contribution in [-0.2, 0) is 11.4 Å². The Morgan fingerprint density at radius 3 is 1.95 bits per heavy atom. The number of nitrogens with one attached hydrogen (secondary N) is 1. The van der Waals surface area contributed by atoms with E-state index in [4.69, 9.17) is 0 Å². The van der Waals surface area contributed by atoms with Crippen LogP contribution in [0.4, 0.5) is 13.2 Å². The Labute approximate surface area is 114 Å². The highest BCUT2D eigenvalue weighted by Gasteiger charge is 2.45. The summed E-state index contributed by atoms with van der Waals surface area (Å²) < 4.78 is 52.5. The Morgan fingerprint density at radius 2 is 1.58 bits per heavy atom. The van der Waals surface area contributed by atoms with Crippen molar-refractivity contribution in [2.45, 2.75) is 44.7 Å². The molecule has 108 valence electrons. The second kappa shape index (κ2) is 5.73. The van der Waals surface area contributed by atoms with Gasteiger partial charge in [-0.3, -0.25) is 0 Å². The molecule has 1 aromatic rings. The standard InChI is InChI=1S/C13H18F3NOS/c1-9-5-7-10(8-6-9)11(13(14,15)16)17-19(18)12(2,3)4/h5-8,11,17H,1-4H3. The molecular weight excluding hydrogens is 275 g/mol. The SMILES string of the molecule is Cc1ccc(C(N[S+]([O-])C(C)(C)C)C(F)(F)F)cc1. The Bertz CT molecular complexity index is 411. The van der Waals surface area contributed by atoms with Crippen molar-refractivity contribution in [1.82, 2.24) is 4.72 Å². The monoisotopic (exact) mass is 293 g/mol. The van der Waals surface area contributed by atoms with E-state index in [0.29, 0.717) is 0 Å². The lowest BCUT2D eigenvalue weighted by molar-refractivity contribution is -0.153. The van der Waals surface area contributed by atoms with Gasteiger partial charge in [0.05, 0.1) is 0 Å². The van der Waals surface area contributed by atoms with Crippen molar-refractivity contribution in [3.05, 3.63) is 35.4 Å². The van der Waals surface area contributed by atoms with E-state index in [1.165, 1.54) is 12.1 Å². The summed E-state index contributed by atoms with van der Waals surface area (Å²) in [6.45, 7) is 6.67. The molecule has 0 heterocycles. The van der Waals surface area contributed by atoms with Gasteiger partial charge in [0.15, 0.2) is 6.04 Å². The highest BCUT2D eigenvalue weighted by atomic mass is 32.2. The summed E-state index contributed by atoms with van der Waals surface area (Å²) in [7, 11) is 0. The average Bonchev–Trinajstić information content (AvgIpc) is 2.24. The lowest BCUT2D eigenvalue weighted by atomic mass is 10.1. The van der Waals surface area contributed by atoms with Gasteiger partial charge in [-0.05, 0) is 33.3 Å². The molecule has 0 aliphatic carbocycles. The van der Waals surface area contributed by atoms with E-state index in [1.807, 2.05) is 0 Å². The van der Waals surface area contributed by atoms with Crippen molar-refractivity contribution < 1.29 is 17.7 Å². The van der Waals surface area contributed by atoms with Crippen LogP contribution in [0.5, 0.6) is 0 Å². The molecule has 0 amide bonds. The maximum Gasteiger partial charge on any atom is 0.412 e. The van der Waals surface area contributed by atoms with Gasteiger partial charge in [0.25, 0.3) is 0 Å². The number of hydrogen-bond donors (Lipinski definition) is 1. The second-order valence-electron chi connectivity index (χ2n) is 5.38. The van der Waals surface area contributed by atoms with E-state index in [2.05, 4.69) is 4.72 Å². The molecule has 0 aliphatic rings. The van der Waals surface area contributed by atoms with E-state index in [9.17, 15) is 17.7 Å². The van der Waals surface area contributed by atoms with Gasteiger partial charge < -0.3 is 4.55 Å². The third-order valence-electron chi connectivity index (χ3n) is 2.52. The van der Waals surface area contributed by atoms with Crippen LogP contribution < -0.4 is 4.72 Å². The summed E-state index contributed by atoms with van der Waals surface area (Å²) in [5.41, 5.74) is 0.942. The third-order valence-corrected chi connectivity index (χ3v) is 4.08. The quantitative estimate of drug-likeness (QED) is 0.863. The summed E-state index contributed by atoms with van der Waals surface area (Å²) in [4.78, 5) is 0. The fraction of sp³-hybridized carbons (Fsp3) is 0.538. The average molecular weight is 293 g/mol. The molecular formula is C13H18F3NOS. The molecule has 0 radical (unpaired) electrons. The first kappa shape index (κ1) is 16.3. The minimum absolute atomic E-state index is 0.0655. The number of alkyl halides is 3. The minimum atomic E-state index is -4.49. The highest BCUT2D eigenvalue weighted by Crippen LogP contribution is 2.34. The number of hydrogen-bond acceptors (Lipinski definition) is 2. The van der Waals surface area contributed by atoms with Gasteiger partial charge in [-0.2, -0.15) is 13.2 Å². The molecule has 0 spiro atoms. The minimum Gasteiger partial charge on any atom is -0.598 e. The molecule has 2 atom stereocenters. The molecule has 6 heteroatoms. The smallest absolute Gasteiger partial charge is 0.412 e. The maximum atomic E-state index is 13.1. The zero-order valence-electron chi connectivity index (χ0n) is 11.3. The van der Waals surface area contributed by atoms with Crippen molar-refractivity contribution in [2.24, 2.45) is 0 Å². The molecule has 1 aromatic carbocycles. The van der Waals surface area contributed by atoms with E-state index in [1.54, 1.807) is 39.8 Å². The molecule has 0 fully saturated rings. The number of halogens is 3. The summed E-state index contributed by atoms with van der Waals surface area (Å²) in [6.07, 6.45) is -4.49. The van der Waals surface area contributed by atoms with Gasteiger partial charge in [-0.15, -0.1) is 4.72 Å². The van der Waals surface area contributed by atoms with Crippen LogP contribution in [0.1, 0.15) is 37.9 Å². The summed E-state index contributed by atoms with van der Waals surface area (Å²) in [5.74, 6) is 0. The summed E-state index contributed by atoms with van der Waals surface area (Å²) in [6, 6.07) is 4.10. The zero-order valence-corrected chi connectivity index (χ0v) is 12.2. The van der Waals surface area contributed by atoms with Crippen LogP contribution in [0, 0.1) is 6.92 Å². The predicted molar refractivity (Wildman–Crippen MR) is 71.0 cm³/mol. The van der Waals surface area contributed by atoms with Gasteiger partial charge in [-0.25, -0.2) is 0 Å². The molecule has 0 aromatic heterocycles. The van der Waals surface area contributed by atoms with Crippen LogP contribution in [0.15, 0.2) is 24.3 Å². The largest absolute Gasteiger partial charge is 0.598 e. The number of rotatable bonds is 3. The van der Waals surface area contributed by atoms with Gasteiger partial charge in [0.1, 0.15) is 4.75 Å². The second-order valence-corrected chi connectivity index (χ2v) is 7.38. The van der Waals surface area contributed by atoms with E-state index in [0.717, 1.165) is 5.56 Å². The Morgan fingerprint density at radius 1 is 1.11 bits per heavy atom. The zero-order chi connectivity index (χ0) is 14.8. The molecule has 0 saturated heterocycles. The maximum absolute atomic E-state index is 13.1. The normalized spacial score (nSPS) is 16.2. The first-order chi connectivity index (χ1) is 8.51. The third kappa shape index (κ3) is 4.71. The van der Waals surface area contributed by atoms with E-state index < -0.39 is 28.3 Å². The van der Waals surface area contributed by atoms with E-state index >= 15 is 0 Å². The molecule has 2 nitrogen and oxygen atoms in total. The van der Waals surface area contributed by atoms with Crippen LogP contribution in [-0.4, -0.2) is 15.5 Å². The van der Waals surface area contributed by atoms with Gasteiger partial charge >= 0.3 is 6.18 Å². The molecule has 0 aliphatic heterocycles. The Hall–Kier alpha value is -0.720. The van der Waals surface area contributed by atoms with Crippen LogP contribution in [0.2, 0.25) is 0 Å². The fourth-order valence-electron chi connectivity index (χ4n) is 1.37. The van der Waals surface area contributed by atoms with Crippen molar-refractivity contribution in [2.75, 3.05) is 0 Å². The Balaban J connectivity index is 3.00. The predicted octanol–water partition coefficient (Wildman–Crippen LogP) is 3.65. The molecule has 0 saturated carbocycles. The van der Waals surface area contributed by atoms with Gasteiger partial charge in [0, 0.05) is 11.4 Å². The number of aryl methyl sites for hydroxylation is 1. The first-order valence-electron chi connectivity index (χ1n) is 5.83. The van der Waals surface area contributed by atoms with Gasteiger partial charge in [0.2, 0.25) is 0 Å². The molecule has 19 heavy (non-hydrogen) atoms. The van der Waals surface area contributed by atoms with Gasteiger partial charge in [-0.1, -0.05) is 29.8 Å². The molecule has 0 bridgehead atoms. The lowest BCUT2D eigenvalue weighted by Crippen LogP contribution is -2.45. The van der Waals surface area contributed by atoms with Crippen molar-refractivity contribution in [1.29, 1.82) is 0 Å². The summed E-state index contributed by atoms with van der Waals surface area (Å²) >= 11 is -1.79.